The van der Waals surface area contributed by atoms with Crippen molar-refractivity contribution in [2.45, 2.75) is 6.42 Å². The molecule has 0 aromatic heterocycles. The predicted molar refractivity (Wildman–Crippen MR) is 72.2 cm³/mol. The van der Waals surface area contributed by atoms with Gasteiger partial charge in [0.15, 0.2) is 11.5 Å². The fourth-order valence-corrected chi connectivity index (χ4v) is 2.36. The van der Waals surface area contributed by atoms with Gasteiger partial charge < -0.3 is 49.7 Å². The molecule has 8 nitrogen and oxygen atoms in total. The first-order valence-electron chi connectivity index (χ1n) is 6.64. The second-order valence-corrected chi connectivity index (χ2v) is 5.25. The number of quaternary nitrogens is 1. The van der Waals surface area contributed by atoms with E-state index < -0.39 is 0 Å². The van der Waals surface area contributed by atoms with Crippen molar-refractivity contribution in [1.29, 1.82) is 0 Å². The van der Waals surface area contributed by atoms with E-state index in [2.05, 4.69) is 4.99 Å². The zero-order chi connectivity index (χ0) is 14.9. The Hall–Kier alpha value is -0.910. The maximum Gasteiger partial charge on any atom is 0.371 e. The maximum atomic E-state index is 12.2. The standard InChI is InChI=1S/C12H21N5O3.HI/c1-15-7-17(4-3-8(5-18)6-19)10-9(15)11(20)16(2)12(13)14-10;/h8,18-19H,3-7H2,1-2H3,(H2,13,14);1H. The van der Waals surface area contributed by atoms with Crippen LogP contribution in [0.25, 0.3) is 0 Å². The normalized spacial score (nSPS) is 21.7. The van der Waals surface area contributed by atoms with Crippen molar-refractivity contribution in [2.75, 3.05) is 40.5 Å². The number of amides is 1. The zero-order valence-electron chi connectivity index (χ0n) is 12.2. The van der Waals surface area contributed by atoms with Crippen LogP contribution >= 0.6 is 0 Å². The number of likely N-dealkylation sites (N-methyl/N-ethyl adjacent to an activating group) is 2. The second kappa shape index (κ2) is 7.38. The van der Waals surface area contributed by atoms with Crippen molar-refractivity contribution in [2.24, 2.45) is 16.6 Å². The highest BCUT2D eigenvalue weighted by Crippen LogP contribution is 2.25. The van der Waals surface area contributed by atoms with Crippen LogP contribution in [0.5, 0.6) is 0 Å². The smallest absolute Gasteiger partial charge is 0.371 e. The molecule has 9 heteroatoms. The Bertz CT molecular complexity index is 464. The molecule has 2 rings (SSSR count). The highest BCUT2D eigenvalue weighted by atomic mass is 127. The molecule has 0 saturated heterocycles. The molecule has 0 aromatic rings. The molecule has 0 bridgehead atoms. The van der Waals surface area contributed by atoms with Gasteiger partial charge in [0.05, 0.1) is 13.7 Å². The van der Waals surface area contributed by atoms with Crippen molar-refractivity contribution in [3.63, 3.8) is 0 Å². The van der Waals surface area contributed by atoms with Gasteiger partial charge in [-0.05, 0) is 6.42 Å². The van der Waals surface area contributed by atoms with Crippen LogP contribution in [0.2, 0.25) is 0 Å². The van der Waals surface area contributed by atoms with E-state index in [1.807, 2.05) is 16.8 Å². The fourth-order valence-electron chi connectivity index (χ4n) is 2.36. The Morgan fingerprint density at radius 1 is 1.43 bits per heavy atom. The first-order valence-corrected chi connectivity index (χ1v) is 6.64. The number of aliphatic hydroxyl groups is 2. The number of hydrogen-bond acceptors (Lipinski definition) is 7. The van der Waals surface area contributed by atoms with Gasteiger partial charge in [-0.15, -0.1) is 0 Å². The summed E-state index contributed by atoms with van der Waals surface area (Å²) >= 11 is 0. The summed E-state index contributed by atoms with van der Waals surface area (Å²) in [6, 6.07) is 0. The molecular formula is C12H22IN5O3. The van der Waals surface area contributed by atoms with Crippen LogP contribution in [0.3, 0.4) is 0 Å². The molecule has 0 fully saturated rings. The molecule has 120 valence electrons. The van der Waals surface area contributed by atoms with Gasteiger partial charge in [0.25, 0.3) is 0 Å². The average Bonchev–Trinajstić information content (AvgIpc) is 2.74. The number of carbonyl (C=O) groups excluding carboxylic acids is 1. The van der Waals surface area contributed by atoms with Gasteiger partial charge in [-0.3, -0.25) is 0 Å². The quantitative estimate of drug-likeness (QED) is 0.336. The van der Waals surface area contributed by atoms with E-state index in [0.29, 0.717) is 36.1 Å². The summed E-state index contributed by atoms with van der Waals surface area (Å²) in [6.45, 7) is 1.06. The summed E-state index contributed by atoms with van der Waals surface area (Å²) in [6.07, 6.45) is 0.629. The lowest BCUT2D eigenvalue weighted by molar-refractivity contribution is -0.696. The molecule has 0 aromatic carbocycles. The van der Waals surface area contributed by atoms with Gasteiger partial charge in [-0.1, -0.05) is 0 Å². The summed E-state index contributed by atoms with van der Waals surface area (Å²) in [5, 5.41) is 18.2. The zero-order valence-corrected chi connectivity index (χ0v) is 14.4. The molecule has 1 amide bonds. The summed E-state index contributed by atoms with van der Waals surface area (Å²) in [7, 11) is 3.52. The van der Waals surface area contributed by atoms with Crippen LogP contribution in [-0.2, 0) is 4.79 Å². The average molecular weight is 411 g/mol. The number of carbonyl (C=O) groups is 1. The number of nitrogens with two attached hydrogens (primary N) is 1. The van der Waals surface area contributed by atoms with Gasteiger partial charge >= 0.3 is 11.9 Å². The summed E-state index contributed by atoms with van der Waals surface area (Å²) in [5.74, 6) is 0.613. The number of aliphatic hydroxyl groups excluding tert-OH is 2. The number of nitrogens with one attached hydrogen (secondary N) is 1. The van der Waals surface area contributed by atoms with Crippen molar-refractivity contribution >= 4 is 11.9 Å². The highest BCUT2D eigenvalue weighted by Gasteiger charge is 2.41. The molecule has 1 unspecified atom stereocenters. The molecule has 0 spiro atoms. The minimum atomic E-state index is -0.154. The largest absolute Gasteiger partial charge is 1.00 e. The van der Waals surface area contributed by atoms with Crippen LogP contribution in [0.4, 0.5) is 0 Å². The Morgan fingerprint density at radius 3 is 2.62 bits per heavy atom. The molecule has 1 atom stereocenters. The molecule has 2 aliphatic heterocycles. The van der Waals surface area contributed by atoms with Gasteiger partial charge in [0.2, 0.25) is 0 Å². The van der Waals surface area contributed by atoms with Gasteiger partial charge in [0.1, 0.15) is 0 Å². The molecule has 21 heavy (non-hydrogen) atoms. The number of aliphatic imine (C=N–C) groups is 1. The number of rotatable bonds is 5. The summed E-state index contributed by atoms with van der Waals surface area (Å²) in [5.41, 5.74) is 6.34. The number of guanidine groups is 1. The van der Waals surface area contributed by atoms with Gasteiger partial charge in [0, 0.05) is 32.7 Å². The van der Waals surface area contributed by atoms with Crippen LogP contribution in [0, 0.1) is 5.92 Å². The Labute approximate surface area is 140 Å². The minimum Gasteiger partial charge on any atom is -1.00 e. The molecule has 5 N–H and O–H groups in total. The maximum absolute atomic E-state index is 12.2. The second-order valence-electron chi connectivity index (χ2n) is 5.25. The topological polar surface area (TPSA) is 107 Å². The van der Waals surface area contributed by atoms with Gasteiger partial charge in [-0.2, -0.15) is 4.99 Å². The van der Waals surface area contributed by atoms with E-state index in [9.17, 15) is 4.79 Å². The van der Waals surface area contributed by atoms with Gasteiger partial charge in [-0.25, -0.2) is 9.69 Å². The Morgan fingerprint density at radius 2 is 2.05 bits per heavy atom. The summed E-state index contributed by atoms with van der Waals surface area (Å²) < 4.78 is 0. The SMILES string of the molecule is CN1CN(CCC(CO)CO)C2=C1C(=O)[NH+](C)C(N)=N2.[I-]. The number of hydrogen-bond donors (Lipinski definition) is 4. The van der Waals surface area contributed by atoms with E-state index in [4.69, 9.17) is 15.9 Å². The van der Waals surface area contributed by atoms with Crippen molar-refractivity contribution in [3.05, 3.63) is 11.5 Å². The molecular weight excluding hydrogens is 389 g/mol. The van der Waals surface area contributed by atoms with E-state index in [-0.39, 0.29) is 55.0 Å². The first-order chi connectivity index (χ1) is 9.49. The van der Waals surface area contributed by atoms with Crippen LogP contribution < -0.4 is 34.6 Å². The fraction of sp³-hybridized carbons (Fsp3) is 0.667. The lowest BCUT2D eigenvalue weighted by Gasteiger charge is -2.22. The highest BCUT2D eigenvalue weighted by molar-refractivity contribution is 5.96. The predicted octanol–water partition coefficient (Wildman–Crippen LogP) is -6.28. The van der Waals surface area contributed by atoms with Crippen molar-refractivity contribution < 1.29 is 43.9 Å². The van der Waals surface area contributed by atoms with Crippen LogP contribution in [0.1, 0.15) is 6.42 Å². The first kappa shape index (κ1) is 18.1. The van der Waals surface area contributed by atoms with Crippen LogP contribution in [-0.4, -0.2) is 72.4 Å². The third-order valence-corrected chi connectivity index (χ3v) is 3.77. The van der Waals surface area contributed by atoms with E-state index >= 15 is 0 Å². The number of halogens is 1. The van der Waals surface area contributed by atoms with E-state index in [1.54, 1.807) is 7.05 Å². The van der Waals surface area contributed by atoms with Crippen LogP contribution in [0.15, 0.2) is 16.5 Å². The summed E-state index contributed by atoms with van der Waals surface area (Å²) in [4.78, 5) is 20.8. The lowest BCUT2D eigenvalue weighted by atomic mass is 10.1. The third kappa shape index (κ3) is 3.47. The van der Waals surface area contributed by atoms with Crippen molar-refractivity contribution in [3.8, 4) is 0 Å². The molecule has 0 aliphatic carbocycles. The minimum absolute atomic E-state index is 0. The Kier molecular flexibility index (Phi) is 6.38. The lowest BCUT2D eigenvalue weighted by Crippen LogP contribution is -3.16. The monoisotopic (exact) mass is 411 g/mol. The Balaban J connectivity index is 0.00000220. The molecule has 2 aliphatic rings. The van der Waals surface area contributed by atoms with E-state index in [1.165, 1.54) is 0 Å². The molecule has 0 radical (unpaired) electrons. The molecule has 0 saturated carbocycles. The third-order valence-electron chi connectivity index (χ3n) is 3.77. The van der Waals surface area contributed by atoms with E-state index in [0.717, 1.165) is 0 Å². The number of nitrogens with zero attached hydrogens (tertiary/aromatic N) is 3. The van der Waals surface area contributed by atoms with Crippen molar-refractivity contribution in [1.82, 2.24) is 9.80 Å². The molecule has 2 heterocycles.